The van der Waals surface area contributed by atoms with Gasteiger partial charge in [0, 0.05) is 9.13 Å². The average molecular weight is 558 g/mol. The van der Waals surface area contributed by atoms with Gasteiger partial charge in [-0.1, -0.05) is 0 Å². The molecular formula is C14H12I2N2O4S. The molecule has 0 aliphatic carbocycles. The van der Waals surface area contributed by atoms with E-state index >= 15 is 0 Å². The second-order valence-corrected chi connectivity index (χ2v) is 8.42. The number of methoxy groups -OCH3 is 1. The number of phenols is 1. The third kappa shape index (κ3) is 4.70. The summed E-state index contributed by atoms with van der Waals surface area (Å²) in [6.45, 7) is 0. The summed E-state index contributed by atoms with van der Waals surface area (Å²) in [5.74, 6) is 0.615. The van der Waals surface area contributed by atoms with E-state index in [-0.39, 0.29) is 10.6 Å². The van der Waals surface area contributed by atoms with Crippen LogP contribution in [0.3, 0.4) is 0 Å². The molecular weight excluding hydrogens is 546 g/mol. The average Bonchev–Trinajstić information content (AvgIpc) is 2.52. The second-order valence-electron chi connectivity index (χ2n) is 4.35. The molecule has 2 aromatic carbocycles. The molecule has 0 saturated heterocycles. The largest absolute Gasteiger partial charge is 0.506 e. The standard InChI is InChI=1S/C14H12I2N2O4S/c1-22-11-2-4-12(5-3-11)23(20,21)18-17-8-9-6-10(15)7-13(16)14(9)19/h2-8,18-19H,1H3/b17-8+. The number of ether oxygens (including phenoxy) is 1. The Hall–Kier alpha value is -1.08. The topological polar surface area (TPSA) is 88.0 Å². The first-order valence-electron chi connectivity index (χ1n) is 6.20. The zero-order chi connectivity index (χ0) is 17.0. The van der Waals surface area contributed by atoms with E-state index in [4.69, 9.17) is 4.74 Å². The van der Waals surface area contributed by atoms with Gasteiger partial charge in [0.15, 0.2) is 0 Å². The fourth-order valence-corrected chi connectivity index (χ4v) is 4.34. The van der Waals surface area contributed by atoms with Crippen molar-refractivity contribution < 1.29 is 18.3 Å². The number of aromatic hydroxyl groups is 1. The van der Waals surface area contributed by atoms with Crippen LogP contribution in [0.15, 0.2) is 46.4 Å². The molecule has 0 amide bonds. The highest BCUT2D eigenvalue weighted by Crippen LogP contribution is 2.25. The molecule has 0 bridgehead atoms. The molecule has 9 heteroatoms. The number of benzene rings is 2. The number of phenolic OH excluding ortho intramolecular Hbond substituents is 1. The highest BCUT2D eigenvalue weighted by Gasteiger charge is 2.12. The Morgan fingerprint density at radius 2 is 1.87 bits per heavy atom. The molecule has 122 valence electrons. The molecule has 2 aromatic rings. The number of hydrogen-bond acceptors (Lipinski definition) is 5. The predicted molar refractivity (Wildman–Crippen MR) is 104 cm³/mol. The Morgan fingerprint density at radius 3 is 2.48 bits per heavy atom. The van der Waals surface area contributed by atoms with Crippen molar-refractivity contribution in [2.45, 2.75) is 4.90 Å². The number of nitrogens with one attached hydrogen (secondary N) is 1. The SMILES string of the molecule is COc1ccc(S(=O)(=O)N/N=C/c2cc(I)cc(I)c2O)cc1. The van der Waals surface area contributed by atoms with Crippen LogP contribution in [0.4, 0.5) is 0 Å². The Morgan fingerprint density at radius 1 is 1.22 bits per heavy atom. The third-order valence-corrected chi connectivity index (χ3v) is 5.49. The van der Waals surface area contributed by atoms with E-state index < -0.39 is 10.0 Å². The van der Waals surface area contributed by atoms with Gasteiger partial charge in [0.05, 0.1) is 21.8 Å². The highest BCUT2D eigenvalue weighted by atomic mass is 127. The van der Waals surface area contributed by atoms with Gasteiger partial charge in [0.25, 0.3) is 10.0 Å². The minimum Gasteiger partial charge on any atom is -0.506 e. The Bertz CT molecular complexity index is 837. The van der Waals surface area contributed by atoms with E-state index in [0.717, 1.165) is 3.57 Å². The molecule has 0 fully saturated rings. The summed E-state index contributed by atoms with van der Waals surface area (Å²) in [6, 6.07) is 9.43. The van der Waals surface area contributed by atoms with Crippen molar-refractivity contribution >= 4 is 61.4 Å². The van der Waals surface area contributed by atoms with Crippen molar-refractivity contribution in [1.82, 2.24) is 4.83 Å². The quantitative estimate of drug-likeness (QED) is 0.336. The first kappa shape index (κ1) is 18.3. The minimum absolute atomic E-state index is 0.0541. The summed E-state index contributed by atoms with van der Waals surface area (Å²) >= 11 is 4.10. The highest BCUT2D eigenvalue weighted by molar-refractivity contribution is 14.1. The van der Waals surface area contributed by atoms with Crippen LogP contribution in [-0.4, -0.2) is 26.8 Å². The summed E-state index contributed by atoms with van der Waals surface area (Å²) in [6.07, 6.45) is 1.26. The molecule has 6 nitrogen and oxygen atoms in total. The Balaban J connectivity index is 2.18. The number of nitrogens with zero attached hydrogens (tertiary/aromatic N) is 1. The lowest BCUT2D eigenvalue weighted by atomic mass is 10.2. The van der Waals surface area contributed by atoms with Crippen molar-refractivity contribution in [3.05, 3.63) is 49.1 Å². The monoisotopic (exact) mass is 558 g/mol. The van der Waals surface area contributed by atoms with Gasteiger partial charge in [0.2, 0.25) is 0 Å². The van der Waals surface area contributed by atoms with Crippen molar-refractivity contribution in [2.75, 3.05) is 7.11 Å². The Kier molecular flexibility index (Phi) is 6.08. The summed E-state index contributed by atoms with van der Waals surface area (Å²) in [5, 5.41) is 13.6. The molecule has 2 N–H and O–H groups in total. The van der Waals surface area contributed by atoms with Crippen LogP contribution in [0.1, 0.15) is 5.56 Å². The minimum atomic E-state index is -3.78. The van der Waals surface area contributed by atoms with Crippen molar-refractivity contribution in [1.29, 1.82) is 0 Å². The summed E-state index contributed by atoms with van der Waals surface area (Å²) in [4.78, 5) is 2.18. The number of hydrogen-bond donors (Lipinski definition) is 2. The van der Waals surface area contributed by atoms with Gasteiger partial charge >= 0.3 is 0 Å². The van der Waals surface area contributed by atoms with Crippen molar-refractivity contribution in [3.63, 3.8) is 0 Å². The molecule has 0 radical (unpaired) electrons. The van der Waals surface area contributed by atoms with E-state index in [1.807, 2.05) is 22.6 Å². The molecule has 0 atom stereocenters. The van der Waals surface area contributed by atoms with Crippen molar-refractivity contribution in [2.24, 2.45) is 5.10 Å². The van der Waals surface area contributed by atoms with Gasteiger partial charge in [-0.3, -0.25) is 0 Å². The van der Waals surface area contributed by atoms with E-state index in [1.54, 1.807) is 24.3 Å². The van der Waals surface area contributed by atoms with E-state index in [2.05, 4.69) is 32.5 Å². The zero-order valence-electron chi connectivity index (χ0n) is 11.8. The molecule has 2 rings (SSSR count). The van der Waals surface area contributed by atoms with Crippen LogP contribution < -0.4 is 9.57 Å². The van der Waals surface area contributed by atoms with E-state index in [9.17, 15) is 13.5 Å². The maximum Gasteiger partial charge on any atom is 0.276 e. The van der Waals surface area contributed by atoms with E-state index in [0.29, 0.717) is 14.9 Å². The maximum atomic E-state index is 12.1. The summed E-state index contributed by atoms with van der Waals surface area (Å²) < 4.78 is 30.8. The van der Waals surface area contributed by atoms with Crippen LogP contribution in [0.2, 0.25) is 0 Å². The summed E-state index contributed by atoms with van der Waals surface area (Å²) in [5.41, 5.74) is 0.429. The number of sulfonamides is 1. The lowest BCUT2D eigenvalue weighted by Crippen LogP contribution is -2.18. The molecule has 0 heterocycles. The normalized spacial score (nSPS) is 11.6. The van der Waals surface area contributed by atoms with Gasteiger partial charge in [-0.25, -0.2) is 4.83 Å². The molecule has 0 aromatic heterocycles. The van der Waals surface area contributed by atoms with Crippen LogP contribution in [0, 0.1) is 7.14 Å². The van der Waals surface area contributed by atoms with Crippen LogP contribution in [0.5, 0.6) is 11.5 Å². The van der Waals surface area contributed by atoms with Gasteiger partial charge < -0.3 is 9.84 Å². The number of halogens is 2. The maximum absolute atomic E-state index is 12.1. The summed E-state index contributed by atoms with van der Waals surface area (Å²) in [7, 11) is -2.28. The first-order chi connectivity index (χ1) is 10.8. The molecule has 0 spiro atoms. The Labute approximate surface area is 161 Å². The van der Waals surface area contributed by atoms with Gasteiger partial charge in [-0.05, 0) is 81.6 Å². The fraction of sp³-hybridized carbons (Fsp3) is 0.0714. The second kappa shape index (κ2) is 7.66. The lowest BCUT2D eigenvalue weighted by molar-refractivity contribution is 0.414. The molecule has 23 heavy (non-hydrogen) atoms. The third-order valence-electron chi connectivity index (χ3n) is 2.80. The van der Waals surface area contributed by atoms with E-state index in [1.165, 1.54) is 25.5 Å². The smallest absolute Gasteiger partial charge is 0.276 e. The zero-order valence-corrected chi connectivity index (χ0v) is 17.0. The lowest BCUT2D eigenvalue weighted by Gasteiger charge is -2.05. The predicted octanol–water partition coefficient (Wildman–Crippen LogP) is 2.92. The van der Waals surface area contributed by atoms with Gasteiger partial charge in [-0.2, -0.15) is 13.5 Å². The van der Waals surface area contributed by atoms with Crippen LogP contribution in [-0.2, 0) is 10.0 Å². The molecule has 0 aliphatic heterocycles. The molecule has 0 aliphatic rings. The molecule has 0 saturated carbocycles. The fourth-order valence-electron chi connectivity index (χ4n) is 1.66. The van der Waals surface area contributed by atoms with Gasteiger partial charge in [0.1, 0.15) is 11.5 Å². The van der Waals surface area contributed by atoms with Crippen LogP contribution in [0.25, 0.3) is 0 Å². The number of hydrazone groups is 1. The van der Waals surface area contributed by atoms with Crippen molar-refractivity contribution in [3.8, 4) is 11.5 Å². The number of rotatable bonds is 5. The van der Waals surface area contributed by atoms with Gasteiger partial charge in [-0.15, -0.1) is 0 Å². The molecule has 0 unspecified atom stereocenters. The van der Waals surface area contributed by atoms with Crippen LogP contribution >= 0.6 is 45.2 Å². The first-order valence-corrected chi connectivity index (χ1v) is 9.84.